The Morgan fingerprint density at radius 3 is 2.75 bits per heavy atom. The molecule has 0 fully saturated rings. The first kappa shape index (κ1) is 12.5. The molecule has 1 aromatic rings. The minimum absolute atomic E-state index is 0.0232. The number of nitrogen functional groups attached to an aromatic ring is 1. The highest BCUT2D eigenvalue weighted by atomic mass is 16.5. The average molecular weight is 222 g/mol. The fourth-order valence-corrected chi connectivity index (χ4v) is 1.34. The number of amidine groups is 1. The molecule has 0 aromatic heterocycles. The predicted molar refractivity (Wildman–Crippen MR) is 64.2 cm³/mol. The molecule has 0 aliphatic rings. The second-order valence-corrected chi connectivity index (χ2v) is 3.46. The van der Waals surface area contributed by atoms with Crippen molar-refractivity contribution in [2.24, 2.45) is 5.73 Å². The molecule has 0 saturated carbocycles. The summed E-state index contributed by atoms with van der Waals surface area (Å²) in [6.45, 7) is 5.58. The third-order valence-electron chi connectivity index (χ3n) is 2.11. The Labute approximate surface area is 95.9 Å². The van der Waals surface area contributed by atoms with Crippen molar-refractivity contribution in [3.63, 3.8) is 0 Å². The molecule has 88 valence electrons. The maximum absolute atomic E-state index is 7.46. The van der Waals surface area contributed by atoms with Crippen LogP contribution < -0.4 is 10.5 Å². The molecule has 1 aromatic carbocycles. The summed E-state index contributed by atoms with van der Waals surface area (Å²) < 4.78 is 10.7. The molecular formula is C12H18N2O2. The monoisotopic (exact) mass is 222 g/mol. The van der Waals surface area contributed by atoms with E-state index in [1.54, 1.807) is 0 Å². The summed E-state index contributed by atoms with van der Waals surface area (Å²) in [5.41, 5.74) is 7.18. The highest BCUT2D eigenvalue weighted by molar-refractivity contribution is 5.97. The van der Waals surface area contributed by atoms with Crippen molar-refractivity contribution in [2.45, 2.75) is 13.8 Å². The van der Waals surface area contributed by atoms with E-state index >= 15 is 0 Å². The van der Waals surface area contributed by atoms with E-state index in [-0.39, 0.29) is 5.84 Å². The van der Waals surface area contributed by atoms with Gasteiger partial charge in [0.05, 0.1) is 12.2 Å². The molecule has 1 rings (SSSR count). The van der Waals surface area contributed by atoms with Crippen LogP contribution in [0.4, 0.5) is 0 Å². The minimum atomic E-state index is 0.0232. The van der Waals surface area contributed by atoms with Gasteiger partial charge in [0.1, 0.15) is 18.2 Å². The van der Waals surface area contributed by atoms with Crippen LogP contribution in [0.15, 0.2) is 18.2 Å². The van der Waals surface area contributed by atoms with E-state index < -0.39 is 0 Å². The Morgan fingerprint density at radius 1 is 1.38 bits per heavy atom. The molecule has 0 unspecified atom stereocenters. The van der Waals surface area contributed by atoms with Gasteiger partial charge < -0.3 is 15.2 Å². The Hall–Kier alpha value is -1.55. The molecule has 0 atom stereocenters. The molecule has 0 radical (unpaired) electrons. The second kappa shape index (κ2) is 6.12. The van der Waals surface area contributed by atoms with Gasteiger partial charge in [-0.25, -0.2) is 0 Å². The van der Waals surface area contributed by atoms with Gasteiger partial charge >= 0.3 is 0 Å². The largest absolute Gasteiger partial charge is 0.490 e. The summed E-state index contributed by atoms with van der Waals surface area (Å²) in [4.78, 5) is 0. The van der Waals surface area contributed by atoms with E-state index in [0.717, 1.165) is 5.56 Å². The lowest BCUT2D eigenvalue weighted by Crippen LogP contribution is -2.15. The summed E-state index contributed by atoms with van der Waals surface area (Å²) in [6.07, 6.45) is 0. The number of hydrogen-bond donors (Lipinski definition) is 2. The molecule has 16 heavy (non-hydrogen) atoms. The lowest BCUT2D eigenvalue weighted by atomic mass is 10.1. The molecule has 0 amide bonds. The average Bonchev–Trinajstić information content (AvgIpc) is 2.26. The van der Waals surface area contributed by atoms with Crippen LogP contribution in [-0.4, -0.2) is 25.7 Å². The van der Waals surface area contributed by atoms with Crippen LogP contribution in [0.5, 0.6) is 5.75 Å². The van der Waals surface area contributed by atoms with E-state index in [9.17, 15) is 0 Å². The molecule has 0 bridgehead atoms. The van der Waals surface area contributed by atoms with Gasteiger partial charge in [-0.1, -0.05) is 11.6 Å². The lowest BCUT2D eigenvalue weighted by Gasteiger charge is -2.11. The van der Waals surface area contributed by atoms with Crippen LogP contribution in [0, 0.1) is 12.3 Å². The van der Waals surface area contributed by atoms with E-state index in [0.29, 0.717) is 31.1 Å². The van der Waals surface area contributed by atoms with Crippen molar-refractivity contribution in [1.82, 2.24) is 0 Å². The highest BCUT2D eigenvalue weighted by Gasteiger charge is 2.06. The zero-order valence-corrected chi connectivity index (χ0v) is 9.75. The molecule has 3 N–H and O–H groups in total. The normalized spacial score (nSPS) is 10.1. The predicted octanol–water partition coefficient (Wildman–Crippen LogP) is 1.69. The molecule has 0 heterocycles. The molecule has 4 heteroatoms. The van der Waals surface area contributed by atoms with Crippen molar-refractivity contribution < 1.29 is 9.47 Å². The van der Waals surface area contributed by atoms with Crippen LogP contribution in [0.2, 0.25) is 0 Å². The van der Waals surface area contributed by atoms with Gasteiger partial charge in [-0.2, -0.15) is 0 Å². The van der Waals surface area contributed by atoms with Gasteiger partial charge in [0.25, 0.3) is 0 Å². The molecule has 0 spiro atoms. The van der Waals surface area contributed by atoms with Crippen molar-refractivity contribution in [3.8, 4) is 5.75 Å². The lowest BCUT2D eigenvalue weighted by molar-refractivity contribution is 0.110. The second-order valence-electron chi connectivity index (χ2n) is 3.46. The van der Waals surface area contributed by atoms with Crippen molar-refractivity contribution in [2.75, 3.05) is 19.8 Å². The number of rotatable bonds is 6. The van der Waals surface area contributed by atoms with Gasteiger partial charge in [-0.15, -0.1) is 0 Å². The van der Waals surface area contributed by atoms with Crippen LogP contribution in [0.1, 0.15) is 18.1 Å². The highest BCUT2D eigenvalue weighted by Crippen LogP contribution is 2.19. The van der Waals surface area contributed by atoms with Crippen molar-refractivity contribution in [1.29, 1.82) is 5.41 Å². The van der Waals surface area contributed by atoms with Crippen LogP contribution in [0.3, 0.4) is 0 Å². The summed E-state index contributed by atoms with van der Waals surface area (Å²) in [6, 6.07) is 5.61. The van der Waals surface area contributed by atoms with Crippen LogP contribution >= 0.6 is 0 Å². The Morgan fingerprint density at radius 2 is 2.12 bits per heavy atom. The molecule has 4 nitrogen and oxygen atoms in total. The number of hydrogen-bond acceptors (Lipinski definition) is 3. The van der Waals surface area contributed by atoms with E-state index in [2.05, 4.69) is 0 Å². The fourth-order valence-electron chi connectivity index (χ4n) is 1.34. The topological polar surface area (TPSA) is 68.3 Å². The summed E-state index contributed by atoms with van der Waals surface area (Å²) in [7, 11) is 0. The first-order valence-corrected chi connectivity index (χ1v) is 5.30. The number of benzene rings is 1. The maximum atomic E-state index is 7.46. The maximum Gasteiger partial charge on any atom is 0.130 e. The van der Waals surface area contributed by atoms with Gasteiger partial charge in [-0.05, 0) is 26.0 Å². The Bertz CT molecular complexity index is 364. The van der Waals surface area contributed by atoms with Crippen molar-refractivity contribution in [3.05, 3.63) is 29.3 Å². The zero-order chi connectivity index (χ0) is 12.0. The van der Waals surface area contributed by atoms with E-state index in [4.69, 9.17) is 20.6 Å². The van der Waals surface area contributed by atoms with Gasteiger partial charge in [0.2, 0.25) is 0 Å². The van der Waals surface area contributed by atoms with Crippen LogP contribution in [-0.2, 0) is 4.74 Å². The van der Waals surface area contributed by atoms with E-state index in [1.165, 1.54) is 0 Å². The van der Waals surface area contributed by atoms with Gasteiger partial charge in [-0.3, -0.25) is 5.41 Å². The fraction of sp³-hybridized carbons (Fsp3) is 0.417. The van der Waals surface area contributed by atoms with E-state index in [1.807, 2.05) is 32.0 Å². The molecule has 0 saturated heterocycles. The zero-order valence-electron chi connectivity index (χ0n) is 9.75. The quantitative estimate of drug-likeness (QED) is 0.437. The molecule has 0 aliphatic heterocycles. The summed E-state index contributed by atoms with van der Waals surface area (Å²) in [5.74, 6) is 0.660. The van der Waals surface area contributed by atoms with Gasteiger partial charge in [0, 0.05) is 6.61 Å². The number of nitrogens with two attached hydrogens (primary N) is 1. The molecular weight excluding hydrogens is 204 g/mol. The third-order valence-corrected chi connectivity index (χ3v) is 2.11. The minimum Gasteiger partial charge on any atom is -0.490 e. The number of aryl methyl sites for hydroxylation is 1. The van der Waals surface area contributed by atoms with Crippen molar-refractivity contribution >= 4 is 5.84 Å². The Kier molecular flexibility index (Phi) is 4.79. The Balaban J connectivity index is 2.67. The smallest absolute Gasteiger partial charge is 0.130 e. The molecule has 0 aliphatic carbocycles. The number of ether oxygens (including phenoxy) is 2. The third kappa shape index (κ3) is 3.55. The first-order valence-electron chi connectivity index (χ1n) is 5.30. The summed E-state index contributed by atoms with van der Waals surface area (Å²) >= 11 is 0. The standard InChI is InChI=1S/C12H18N2O2/c1-3-15-6-7-16-11-5-4-9(2)8-10(11)12(13)14/h4-5,8H,3,6-7H2,1-2H3,(H3,13,14). The van der Waals surface area contributed by atoms with Crippen LogP contribution in [0.25, 0.3) is 0 Å². The van der Waals surface area contributed by atoms with Gasteiger partial charge in [0.15, 0.2) is 0 Å². The first-order chi connectivity index (χ1) is 7.65. The summed E-state index contributed by atoms with van der Waals surface area (Å²) in [5, 5.41) is 7.46. The SMILES string of the molecule is CCOCCOc1ccc(C)cc1C(=N)N. The number of nitrogens with one attached hydrogen (secondary N) is 1.